The zero-order valence-electron chi connectivity index (χ0n) is 22.4. The number of nitro benzene ring substituents is 1. The summed E-state index contributed by atoms with van der Waals surface area (Å²) in [4.78, 5) is 42.2. The molecular formula is C30H23ClFN3O6S. The molecule has 5 rings (SSSR count). The Bertz CT molecular complexity index is 1900. The lowest BCUT2D eigenvalue weighted by molar-refractivity contribution is -0.384. The van der Waals surface area contributed by atoms with Crippen LogP contribution in [0.15, 0.2) is 87.8 Å². The zero-order valence-corrected chi connectivity index (χ0v) is 23.9. The van der Waals surface area contributed by atoms with Crippen molar-refractivity contribution in [3.05, 3.63) is 135 Å². The van der Waals surface area contributed by atoms with Gasteiger partial charge in [0.15, 0.2) is 4.80 Å². The van der Waals surface area contributed by atoms with Crippen LogP contribution in [0.25, 0.3) is 6.08 Å². The van der Waals surface area contributed by atoms with Gasteiger partial charge in [-0.25, -0.2) is 14.2 Å². The third-order valence-electron chi connectivity index (χ3n) is 6.50. The van der Waals surface area contributed by atoms with Gasteiger partial charge < -0.3 is 9.47 Å². The minimum absolute atomic E-state index is 0.0263. The first kappa shape index (κ1) is 28.9. The van der Waals surface area contributed by atoms with E-state index in [1.54, 1.807) is 50.3 Å². The number of hydrogen-bond donors (Lipinski definition) is 0. The van der Waals surface area contributed by atoms with Crippen molar-refractivity contribution >= 4 is 40.7 Å². The number of non-ortho nitro benzene ring substituents is 1. The van der Waals surface area contributed by atoms with Gasteiger partial charge in [-0.1, -0.05) is 35.1 Å². The van der Waals surface area contributed by atoms with Crippen molar-refractivity contribution in [2.45, 2.75) is 26.5 Å². The van der Waals surface area contributed by atoms with Crippen LogP contribution in [0.5, 0.6) is 5.75 Å². The molecule has 9 nitrogen and oxygen atoms in total. The Balaban J connectivity index is 1.57. The molecule has 1 aliphatic rings. The average molecular weight is 608 g/mol. The van der Waals surface area contributed by atoms with Crippen LogP contribution in [0.4, 0.5) is 10.1 Å². The van der Waals surface area contributed by atoms with Crippen molar-refractivity contribution in [2.75, 3.05) is 6.61 Å². The quantitative estimate of drug-likeness (QED) is 0.157. The van der Waals surface area contributed by atoms with E-state index >= 15 is 0 Å². The maximum Gasteiger partial charge on any atom is 0.338 e. The smallest absolute Gasteiger partial charge is 0.338 e. The van der Waals surface area contributed by atoms with Crippen LogP contribution in [-0.2, 0) is 16.1 Å². The van der Waals surface area contributed by atoms with Crippen LogP contribution >= 0.6 is 22.9 Å². The maximum absolute atomic E-state index is 13.9. The maximum atomic E-state index is 13.9. The van der Waals surface area contributed by atoms with Crippen LogP contribution in [0.3, 0.4) is 0 Å². The topological polar surface area (TPSA) is 113 Å². The van der Waals surface area contributed by atoms with E-state index in [1.807, 2.05) is 0 Å². The molecule has 0 saturated carbocycles. The summed E-state index contributed by atoms with van der Waals surface area (Å²) in [5.74, 6) is -0.632. The van der Waals surface area contributed by atoms with Crippen LogP contribution in [0.1, 0.15) is 36.6 Å². The summed E-state index contributed by atoms with van der Waals surface area (Å²) in [5.41, 5.74) is 1.90. The highest BCUT2D eigenvalue weighted by Gasteiger charge is 2.33. The monoisotopic (exact) mass is 607 g/mol. The fourth-order valence-corrected chi connectivity index (χ4v) is 5.75. The van der Waals surface area contributed by atoms with Gasteiger partial charge in [0.25, 0.3) is 11.2 Å². The van der Waals surface area contributed by atoms with Gasteiger partial charge in [0, 0.05) is 22.7 Å². The molecule has 42 heavy (non-hydrogen) atoms. The van der Waals surface area contributed by atoms with Crippen LogP contribution in [0, 0.1) is 15.9 Å². The van der Waals surface area contributed by atoms with Gasteiger partial charge in [0.05, 0.1) is 33.4 Å². The number of allylic oxidation sites excluding steroid dienone is 1. The Kier molecular flexibility index (Phi) is 8.32. The first-order chi connectivity index (χ1) is 20.2. The van der Waals surface area contributed by atoms with Gasteiger partial charge in [0.2, 0.25) is 0 Å². The summed E-state index contributed by atoms with van der Waals surface area (Å²) in [6.07, 6.45) is 1.63. The standard InChI is InChI=1S/C30H23ClFN3O6S/c1-3-40-29(37)26-17(2)33-30-34(27(26)19-6-9-22(32)10-7-19)28(36)25(42-30)15-20-14-21(31)8-13-24(20)41-16-18-4-11-23(12-5-18)35(38)39/h4-15,27H,3,16H2,1-2H3/b25-15-/t27-/m0/s1. The van der Waals surface area contributed by atoms with E-state index in [1.165, 1.54) is 41.0 Å². The van der Waals surface area contributed by atoms with E-state index in [9.17, 15) is 24.1 Å². The summed E-state index contributed by atoms with van der Waals surface area (Å²) in [5, 5.41) is 11.4. The minimum atomic E-state index is -0.875. The van der Waals surface area contributed by atoms with E-state index in [4.69, 9.17) is 21.1 Å². The lowest BCUT2D eigenvalue weighted by Gasteiger charge is -2.24. The second kappa shape index (κ2) is 12.1. The Morgan fingerprint density at radius 2 is 1.88 bits per heavy atom. The third-order valence-corrected chi connectivity index (χ3v) is 7.72. The summed E-state index contributed by atoms with van der Waals surface area (Å²) < 4.78 is 26.8. The highest BCUT2D eigenvalue weighted by atomic mass is 35.5. The van der Waals surface area contributed by atoms with Gasteiger partial charge in [-0.05, 0) is 73.5 Å². The number of hydrogen-bond acceptors (Lipinski definition) is 8. The van der Waals surface area contributed by atoms with Crippen molar-refractivity contribution in [2.24, 2.45) is 4.99 Å². The molecule has 2 heterocycles. The zero-order chi connectivity index (χ0) is 30.0. The van der Waals surface area contributed by atoms with Crippen molar-refractivity contribution in [1.82, 2.24) is 4.57 Å². The second-order valence-corrected chi connectivity index (χ2v) is 10.7. The molecule has 0 N–H and O–H groups in total. The molecule has 12 heteroatoms. The molecule has 1 atom stereocenters. The number of ether oxygens (including phenoxy) is 2. The number of fused-ring (bicyclic) bond motifs is 1. The first-order valence-electron chi connectivity index (χ1n) is 12.8. The van der Waals surface area contributed by atoms with E-state index in [0.717, 1.165) is 11.3 Å². The number of rotatable bonds is 8. The van der Waals surface area contributed by atoms with E-state index in [-0.39, 0.29) is 24.5 Å². The number of esters is 1. The molecule has 0 unspecified atom stereocenters. The van der Waals surface area contributed by atoms with E-state index in [2.05, 4.69) is 4.99 Å². The molecule has 0 aliphatic carbocycles. The molecule has 0 spiro atoms. The number of halogens is 2. The molecule has 1 aliphatic heterocycles. The molecular weight excluding hydrogens is 585 g/mol. The summed E-state index contributed by atoms with van der Waals surface area (Å²) in [6, 6.07) is 15.7. The molecule has 0 bridgehead atoms. The third kappa shape index (κ3) is 5.88. The van der Waals surface area contributed by atoms with E-state index < -0.39 is 28.3 Å². The Morgan fingerprint density at radius 3 is 2.55 bits per heavy atom. The van der Waals surface area contributed by atoms with Gasteiger partial charge in [-0.3, -0.25) is 19.5 Å². The number of nitrogens with zero attached hydrogens (tertiary/aromatic N) is 3. The first-order valence-corrected chi connectivity index (χ1v) is 14.0. The summed E-state index contributed by atoms with van der Waals surface area (Å²) in [7, 11) is 0. The molecule has 0 amide bonds. The lowest BCUT2D eigenvalue weighted by atomic mass is 9.96. The van der Waals surface area contributed by atoms with Crippen LogP contribution in [-0.4, -0.2) is 22.1 Å². The van der Waals surface area contributed by atoms with Gasteiger partial charge in [-0.2, -0.15) is 0 Å². The van der Waals surface area contributed by atoms with E-state index in [0.29, 0.717) is 42.5 Å². The largest absolute Gasteiger partial charge is 0.488 e. The SMILES string of the molecule is CCOC(=O)C1=C(C)N=c2s/c(=C\c3cc(Cl)ccc3OCc3ccc([N+](=O)[O-])cc3)c(=O)n2[C@H]1c1ccc(F)cc1. The molecule has 0 saturated heterocycles. The number of nitro groups is 1. The number of aromatic nitrogens is 1. The molecule has 214 valence electrons. The molecule has 3 aromatic carbocycles. The fourth-order valence-electron chi connectivity index (χ4n) is 4.53. The lowest BCUT2D eigenvalue weighted by Crippen LogP contribution is -2.39. The number of thiazole rings is 1. The Labute approximate surface area is 247 Å². The number of carbonyl (C=O) groups is 1. The van der Waals surface area contributed by atoms with Crippen molar-refractivity contribution in [3.63, 3.8) is 0 Å². The van der Waals surface area contributed by atoms with Gasteiger partial charge >= 0.3 is 5.97 Å². The molecule has 1 aromatic heterocycles. The van der Waals surface area contributed by atoms with Crippen LogP contribution < -0.4 is 19.6 Å². The Morgan fingerprint density at radius 1 is 1.17 bits per heavy atom. The Hall–Kier alpha value is -4.61. The van der Waals surface area contributed by atoms with Crippen molar-refractivity contribution in [3.8, 4) is 5.75 Å². The second-order valence-electron chi connectivity index (χ2n) is 9.25. The van der Waals surface area contributed by atoms with Gasteiger partial charge in [0.1, 0.15) is 18.2 Å². The molecule has 4 aromatic rings. The highest BCUT2D eigenvalue weighted by Crippen LogP contribution is 2.31. The predicted molar refractivity (Wildman–Crippen MR) is 156 cm³/mol. The highest BCUT2D eigenvalue weighted by molar-refractivity contribution is 7.07. The summed E-state index contributed by atoms with van der Waals surface area (Å²) >= 11 is 7.41. The van der Waals surface area contributed by atoms with Crippen LogP contribution in [0.2, 0.25) is 5.02 Å². The average Bonchev–Trinajstić information content (AvgIpc) is 3.26. The normalized spacial score (nSPS) is 14.8. The number of carbonyl (C=O) groups excluding carboxylic acids is 1. The minimum Gasteiger partial charge on any atom is -0.488 e. The molecule has 0 radical (unpaired) electrons. The van der Waals surface area contributed by atoms with Crippen molar-refractivity contribution < 1.29 is 23.6 Å². The summed E-state index contributed by atoms with van der Waals surface area (Å²) in [6.45, 7) is 3.60. The predicted octanol–water partition coefficient (Wildman–Crippen LogP) is 5.08. The fraction of sp³-hybridized carbons (Fsp3) is 0.167. The van der Waals surface area contributed by atoms with Crippen molar-refractivity contribution in [1.29, 1.82) is 0 Å². The number of benzene rings is 3. The van der Waals surface area contributed by atoms with Gasteiger partial charge in [-0.15, -0.1) is 0 Å². The molecule has 0 fully saturated rings.